The van der Waals surface area contributed by atoms with Crippen LogP contribution < -0.4 is 20.1 Å². The van der Waals surface area contributed by atoms with Gasteiger partial charge in [-0.15, -0.1) is 0 Å². The lowest BCUT2D eigenvalue weighted by Crippen LogP contribution is -2.08. The zero-order valence-corrected chi connectivity index (χ0v) is 15.7. The van der Waals surface area contributed by atoms with Crippen LogP contribution in [0, 0.1) is 6.92 Å². The van der Waals surface area contributed by atoms with Crippen LogP contribution in [0.1, 0.15) is 16.8 Å². The van der Waals surface area contributed by atoms with E-state index in [0.29, 0.717) is 30.5 Å². The van der Waals surface area contributed by atoms with E-state index in [1.165, 1.54) is 0 Å². The number of rotatable bonds is 8. The van der Waals surface area contributed by atoms with Crippen molar-refractivity contribution in [3.8, 4) is 11.5 Å². The maximum absolute atomic E-state index is 5.34. The van der Waals surface area contributed by atoms with Crippen LogP contribution in [0.2, 0.25) is 0 Å². The van der Waals surface area contributed by atoms with Crippen LogP contribution in [-0.2, 0) is 13.1 Å². The molecular weight excluding hydrogens is 342 g/mol. The van der Waals surface area contributed by atoms with Gasteiger partial charge in [0.05, 0.1) is 14.2 Å². The Hall–Kier alpha value is -3.35. The summed E-state index contributed by atoms with van der Waals surface area (Å²) in [6, 6.07) is 11.6. The van der Waals surface area contributed by atoms with E-state index in [4.69, 9.17) is 9.47 Å². The number of nitrogens with zero attached hydrogens (tertiary/aromatic N) is 3. The van der Waals surface area contributed by atoms with Crippen LogP contribution in [0.15, 0.2) is 48.8 Å². The first-order valence-electron chi connectivity index (χ1n) is 8.61. The van der Waals surface area contributed by atoms with Crippen molar-refractivity contribution >= 4 is 11.8 Å². The minimum atomic E-state index is 0.568. The number of methoxy groups -OCH3 is 2. The number of nitrogens with one attached hydrogen (secondary N) is 2. The summed E-state index contributed by atoms with van der Waals surface area (Å²) in [6.45, 7) is 3.17. The first kappa shape index (κ1) is 18.4. The fourth-order valence-electron chi connectivity index (χ4n) is 2.61. The molecule has 0 aliphatic heterocycles. The van der Waals surface area contributed by atoms with Crippen molar-refractivity contribution in [3.05, 3.63) is 65.6 Å². The Kier molecular flexibility index (Phi) is 6.04. The quantitative estimate of drug-likeness (QED) is 0.633. The molecule has 0 aliphatic carbocycles. The standard InChI is InChI=1S/C20H23N5O2/c1-14-9-19(22-13-16-5-4-8-21-11-16)25-20(24-14)23-12-15-6-7-17(26-2)18(10-15)27-3/h4-11H,12-13H2,1-3H3,(H2,22,23,24,25). The van der Waals surface area contributed by atoms with Crippen molar-refractivity contribution in [2.24, 2.45) is 0 Å². The fourth-order valence-corrected chi connectivity index (χ4v) is 2.61. The van der Waals surface area contributed by atoms with Crippen LogP contribution in [0.25, 0.3) is 0 Å². The van der Waals surface area contributed by atoms with E-state index in [1.54, 1.807) is 20.4 Å². The van der Waals surface area contributed by atoms with Gasteiger partial charge in [0.1, 0.15) is 5.82 Å². The molecule has 0 fully saturated rings. The molecule has 0 saturated carbocycles. The molecule has 0 radical (unpaired) electrons. The van der Waals surface area contributed by atoms with Crippen molar-refractivity contribution in [3.63, 3.8) is 0 Å². The van der Waals surface area contributed by atoms with Crippen LogP contribution in [0.4, 0.5) is 11.8 Å². The number of ether oxygens (including phenoxy) is 2. The molecule has 27 heavy (non-hydrogen) atoms. The first-order valence-corrected chi connectivity index (χ1v) is 8.61. The summed E-state index contributed by atoms with van der Waals surface area (Å²) in [4.78, 5) is 13.1. The van der Waals surface area contributed by atoms with Gasteiger partial charge in [0, 0.05) is 37.2 Å². The lowest BCUT2D eigenvalue weighted by Gasteiger charge is -2.12. The highest BCUT2D eigenvalue weighted by Crippen LogP contribution is 2.27. The van der Waals surface area contributed by atoms with Gasteiger partial charge >= 0.3 is 0 Å². The number of benzene rings is 1. The monoisotopic (exact) mass is 365 g/mol. The maximum Gasteiger partial charge on any atom is 0.225 e. The molecule has 140 valence electrons. The molecule has 0 aliphatic rings. The highest BCUT2D eigenvalue weighted by atomic mass is 16.5. The molecule has 7 nitrogen and oxygen atoms in total. The molecule has 1 aromatic carbocycles. The van der Waals surface area contributed by atoms with Gasteiger partial charge in [0.2, 0.25) is 5.95 Å². The number of aromatic nitrogens is 3. The van der Waals surface area contributed by atoms with Gasteiger partial charge in [-0.25, -0.2) is 4.98 Å². The molecule has 0 spiro atoms. The molecule has 0 atom stereocenters. The minimum Gasteiger partial charge on any atom is -0.493 e. The van der Waals surface area contributed by atoms with Crippen molar-refractivity contribution in [2.45, 2.75) is 20.0 Å². The van der Waals surface area contributed by atoms with Gasteiger partial charge < -0.3 is 20.1 Å². The van der Waals surface area contributed by atoms with E-state index in [2.05, 4.69) is 25.6 Å². The summed E-state index contributed by atoms with van der Waals surface area (Å²) in [7, 11) is 3.25. The zero-order chi connectivity index (χ0) is 19.1. The smallest absolute Gasteiger partial charge is 0.225 e. The Balaban J connectivity index is 1.65. The lowest BCUT2D eigenvalue weighted by molar-refractivity contribution is 0.354. The second-order valence-electron chi connectivity index (χ2n) is 5.98. The predicted molar refractivity (Wildman–Crippen MR) is 105 cm³/mol. The Morgan fingerprint density at radius 2 is 1.70 bits per heavy atom. The number of hydrogen-bond donors (Lipinski definition) is 2. The highest BCUT2D eigenvalue weighted by molar-refractivity contribution is 5.45. The summed E-state index contributed by atoms with van der Waals surface area (Å²) < 4.78 is 10.6. The Morgan fingerprint density at radius 3 is 2.44 bits per heavy atom. The van der Waals surface area contributed by atoms with E-state index < -0.39 is 0 Å². The van der Waals surface area contributed by atoms with E-state index in [0.717, 1.165) is 22.6 Å². The first-order chi connectivity index (χ1) is 13.2. The van der Waals surface area contributed by atoms with E-state index in [-0.39, 0.29) is 0 Å². The lowest BCUT2D eigenvalue weighted by atomic mass is 10.2. The SMILES string of the molecule is COc1ccc(CNc2nc(C)cc(NCc3cccnc3)n2)cc1OC. The molecule has 0 bridgehead atoms. The van der Waals surface area contributed by atoms with Gasteiger partial charge in [-0.2, -0.15) is 4.98 Å². The average Bonchev–Trinajstić information content (AvgIpc) is 2.71. The van der Waals surface area contributed by atoms with E-state index in [1.807, 2.05) is 49.5 Å². The molecule has 2 heterocycles. The van der Waals surface area contributed by atoms with Gasteiger partial charge in [-0.1, -0.05) is 12.1 Å². The Bertz CT molecular complexity index is 887. The number of pyridine rings is 1. The van der Waals surface area contributed by atoms with Gasteiger partial charge in [0.15, 0.2) is 11.5 Å². The van der Waals surface area contributed by atoms with E-state index in [9.17, 15) is 0 Å². The summed E-state index contributed by atoms with van der Waals surface area (Å²) in [5.74, 6) is 2.73. The summed E-state index contributed by atoms with van der Waals surface area (Å²) in [6.07, 6.45) is 3.59. The summed E-state index contributed by atoms with van der Waals surface area (Å²) in [5, 5.41) is 6.56. The Labute approximate surface area is 158 Å². The molecular formula is C20H23N5O2. The molecule has 2 aromatic heterocycles. The van der Waals surface area contributed by atoms with Crippen LogP contribution in [0.3, 0.4) is 0 Å². The second kappa shape index (κ2) is 8.84. The van der Waals surface area contributed by atoms with Gasteiger partial charge in [0.25, 0.3) is 0 Å². The van der Waals surface area contributed by atoms with Gasteiger partial charge in [-0.05, 0) is 36.2 Å². The second-order valence-corrected chi connectivity index (χ2v) is 5.98. The summed E-state index contributed by atoms with van der Waals surface area (Å²) in [5.41, 5.74) is 3.02. The molecule has 3 aromatic rings. The number of aryl methyl sites for hydroxylation is 1. The minimum absolute atomic E-state index is 0.568. The van der Waals surface area contributed by atoms with Crippen LogP contribution in [0.5, 0.6) is 11.5 Å². The number of hydrogen-bond acceptors (Lipinski definition) is 7. The van der Waals surface area contributed by atoms with E-state index >= 15 is 0 Å². The third kappa shape index (κ3) is 5.07. The van der Waals surface area contributed by atoms with Crippen molar-refractivity contribution in [1.29, 1.82) is 0 Å². The molecule has 3 rings (SSSR count). The molecule has 0 unspecified atom stereocenters. The zero-order valence-electron chi connectivity index (χ0n) is 15.7. The fraction of sp³-hybridized carbons (Fsp3) is 0.250. The molecule has 0 amide bonds. The van der Waals surface area contributed by atoms with Gasteiger partial charge in [-0.3, -0.25) is 4.98 Å². The van der Waals surface area contributed by atoms with Crippen molar-refractivity contribution in [1.82, 2.24) is 15.0 Å². The largest absolute Gasteiger partial charge is 0.493 e. The van der Waals surface area contributed by atoms with Crippen LogP contribution in [-0.4, -0.2) is 29.2 Å². The molecule has 2 N–H and O–H groups in total. The third-order valence-electron chi connectivity index (χ3n) is 3.95. The molecule has 7 heteroatoms. The molecule has 0 saturated heterocycles. The highest BCUT2D eigenvalue weighted by Gasteiger charge is 2.06. The summed E-state index contributed by atoms with van der Waals surface area (Å²) >= 11 is 0. The third-order valence-corrected chi connectivity index (χ3v) is 3.95. The average molecular weight is 365 g/mol. The maximum atomic E-state index is 5.34. The number of anilines is 2. The topological polar surface area (TPSA) is 81.2 Å². The normalized spacial score (nSPS) is 10.3. The predicted octanol–water partition coefficient (Wildman–Crippen LogP) is 3.42. The van der Waals surface area contributed by atoms with Crippen molar-refractivity contribution in [2.75, 3.05) is 24.9 Å². The Morgan fingerprint density at radius 1 is 0.889 bits per heavy atom. The van der Waals surface area contributed by atoms with Crippen LogP contribution >= 0.6 is 0 Å². The van der Waals surface area contributed by atoms with Crippen molar-refractivity contribution < 1.29 is 9.47 Å².